The lowest BCUT2D eigenvalue weighted by Crippen LogP contribution is -2.41. The minimum atomic E-state index is -0.934. The number of amides is 1. The predicted molar refractivity (Wildman–Crippen MR) is 64.9 cm³/mol. The molecule has 4 nitrogen and oxygen atoms in total. The Kier molecular flexibility index (Phi) is 3.78. The maximum absolute atomic E-state index is 11.7. The van der Waals surface area contributed by atoms with Crippen molar-refractivity contribution in [3.05, 3.63) is 22.4 Å². The summed E-state index contributed by atoms with van der Waals surface area (Å²) in [6.45, 7) is 0. The Morgan fingerprint density at radius 3 is 2.82 bits per heavy atom. The summed E-state index contributed by atoms with van der Waals surface area (Å²) in [4.78, 5) is 23.6. The van der Waals surface area contributed by atoms with Crippen molar-refractivity contribution in [2.24, 2.45) is 5.92 Å². The smallest absolute Gasteiger partial charge is 0.326 e. The van der Waals surface area contributed by atoms with Crippen LogP contribution < -0.4 is 5.32 Å². The normalized spacial score (nSPS) is 16.5. The molecular weight excluding hydrogens is 238 g/mol. The Morgan fingerprint density at radius 2 is 2.29 bits per heavy atom. The minimum absolute atomic E-state index is 0.208. The molecule has 1 aliphatic carbocycles. The quantitative estimate of drug-likeness (QED) is 0.810. The van der Waals surface area contributed by atoms with Gasteiger partial charge in [0.25, 0.3) is 0 Å². The SMILES string of the molecule is O=C(Cc1cccs1)NC(CC1CC1)C(=O)O. The number of aliphatic carboxylic acids is 1. The van der Waals surface area contributed by atoms with Crippen LogP contribution in [0.15, 0.2) is 17.5 Å². The van der Waals surface area contributed by atoms with Gasteiger partial charge in [0, 0.05) is 4.88 Å². The zero-order valence-corrected chi connectivity index (χ0v) is 10.2. The first-order chi connectivity index (χ1) is 8.15. The predicted octanol–water partition coefficient (Wildman–Crippen LogP) is 1.66. The molecule has 2 rings (SSSR count). The highest BCUT2D eigenvalue weighted by Crippen LogP contribution is 2.33. The van der Waals surface area contributed by atoms with E-state index in [1.807, 2.05) is 17.5 Å². The Balaban J connectivity index is 1.83. The molecule has 0 spiro atoms. The molecule has 0 bridgehead atoms. The monoisotopic (exact) mass is 253 g/mol. The van der Waals surface area contributed by atoms with E-state index in [4.69, 9.17) is 5.11 Å². The second-order valence-corrected chi connectivity index (χ2v) is 5.43. The van der Waals surface area contributed by atoms with E-state index in [2.05, 4.69) is 5.32 Å². The van der Waals surface area contributed by atoms with Crippen molar-refractivity contribution in [1.29, 1.82) is 0 Å². The third-order valence-corrected chi connectivity index (χ3v) is 3.69. The van der Waals surface area contributed by atoms with Crippen LogP contribution in [0, 0.1) is 5.92 Å². The lowest BCUT2D eigenvalue weighted by molar-refractivity contribution is -0.142. The molecule has 0 radical (unpaired) electrons. The van der Waals surface area contributed by atoms with Crippen molar-refractivity contribution in [2.45, 2.75) is 31.7 Å². The first-order valence-electron chi connectivity index (χ1n) is 5.69. The van der Waals surface area contributed by atoms with Gasteiger partial charge in [-0.15, -0.1) is 11.3 Å². The molecule has 1 amide bonds. The molecule has 1 fully saturated rings. The Bertz CT molecular complexity index is 398. The fraction of sp³-hybridized carbons (Fsp3) is 0.500. The number of rotatable bonds is 6. The molecule has 17 heavy (non-hydrogen) atoms. The number of carboxylic acids is 1. The fourth-order valence-corrected chi connectivity index (χ4v) is 2.43. The van der Waals surface area contributed by atoms with Crippen molar-refractivity contribution < 1.29 is 14.7 Å². The standard InChI is InChI=1S/C12H15NO3S/c14-11(7-9-2-1-5-17-9)13-10(12(15)16)6-8-3-4-8/h1-2,5,8,10H,3-4,6-7H2,(H,13,14)(H,15,16). The molecular formula is C12H15NO3S. The van der Waals surface area contributed by atoms with E-state index in [1.165, 1.54) is 11.3 Å². The molecule has 2 N–H and O–H groups in total. The topological polar surface area (TPSA) is 66.4 Å². The molecule has 1 unspecified atom stereocenters. The van der Waals surface area contributed by atoms with Crippen LogP contribution >= 0.6 is 11.3 Å². The summed E-state index contributed by atoms with van der Waals surface area (Å²) in [5.41, 5.74) is 0. The number of nitrogens with one attached hydrogen (secondary N) is 1. The van der Waals surface area contributed by atoms with Crippen LogP contribution in [-0.4, -0.2) is 23.0 Å². The van der Waals surface area contributed by atoms with Gasteiger partial charge in [-0.25, -0.2) is 4.79 Å². The van der Waals surface area contributed by atoms with Gasteiger partial charge in [-0.3, -0.25) is 4.79 Å². The Morgan fingerprint density at radius 1 is 1.53 bits per heavy atom. The summed E-state index contributed by atoms with van der Waals surface area (Å²) in [5, 5.41) is 13.5. The maximum atomic E-state index is 11.7. The molecule has 1 heterocycles. The van der Waals surface area contributed by atoms with Gasteiger partial charge in [-0.2, -0.15) is 0 Å². The van der Waals surface area contributed by atoms with Crippen molar-refractivity contribution in [1.82, 2.24) is 5.32 Å². The first kappa shape index (κ1) is 12.1. The lowest BCUT2D eigenvalue weighted by atomic mass is 10.1. The van der Waals surface area contributed by atoms with Crippen LogP contribution in [0.2, 0.25) is 0 Å². The van der Waals surface area contributed by atoms with E-state index >= 15 is 0 Å². The van der Waals surface area contributed by atoms with Crippen LogP contribution in [0.4, 0.5) is 0 Å². The van der Waals surface area contributed by atoms with Crippen LogP contribution in [-0.2, 0) is 16.0 Å². The molecule has 92 valence electrons. The molecule has 0 aromatic carbocycles. The summed E-state index contributed by atoms with van der Waals surface area (Å²) in [6, 6.07) is 3.03. The Hall–Kier alpha value is -1.36. The number of hydrogen-bond donors (Lipinski definition) is 2. The third kappa shape index (κ3) is 3.85. The molecule has 1 atom stereocenters. The number of carbonyl (C=O) groups is 2. The number of carbonyl (C=O) groups excluding carboxylic acids is 1. The minimum Gasteiger partial charge on any atom is -0.480 e. The van der Waals surface area contributed by atoms with Crippen LogP contribution in [0.5, 0.6) is 0 Å². The highest BCUT2D eigenvalue weighted by Gasteiger charge is 2.30. The van der Waals surface area contributed by atoms with Gasteiger partial charge >= 0.3 is 5.97 Å². The third-order valence-electron chi connectivity index (χ3n) is 2.81. The van der Waals surface area contributed by atoms with Gasteiger partial charge in [0.05, 0.1) is 6.42 Å². The van der Waals surface area contributed by atoms with Crippen LogP contribution in [0.3, 0.4) is 0 Å². The maximum Gasteiger partial charge on any atom is 0.326 e. The molecule has 1 aliphatic rings. The van der Waals surface area contributed by atoms with Gasteiger partial charge in [0.15, 0.2) is 0 Å². The molecule has 1 aromatic rings. The first-order valence-corrected chi connectivity index (χ1v) is 6.57. The summed E-state index contributed by atoms with van der Waals surface area (Å²) in [6.07, 6.45) is 3.01. The second kappa shape index (κ2) is 5.31. The number of carboxylic acid groups (broad SMARTS) is 1. The van der Waals surface area contributed by atoms with E-state index in [0.717, 1.165) is 17.7 Å². The number of hydrogen-bond acceptors (Lipinski definition) is 3. The molecule has 1 aromatic heterocycles. The van der Waals surface area contributed by atoms with E-state index in [-0.39, 0.29) is 12.3 Å². The lowest BCUT2D eigenvalue weighted by Gasteiger charge is -2.13. The zero-order valence-electron chi connectivity index (χ0n) is 9.39. The average Bonchev–Trinajstić information content (AvgIpc) is 2.93. The summed E-state index contributed by atoms with van der Waals surface area (Å²) in [5.74, 6) is -0.657. The molecule has 0 aliphatic heterocycles. The summed E-state index contributed by atoms with van der Waals surface area (Å²) in [7, 11) is 0. The second-order valence-electron chi connectivity index (χ2n) is 4.39. The van der Waals surface area contributed by atoms with Crippen molar-refractivity contribution in [3.8, 4) is 0 Å². The van der Waals surface area contributed by atoms with E-state index in [1.54, 1.807) is 0 Å². The van der Waals surface area contributed by atoms with E-state index in [0.29, 0.717) is 12.3 Å². The van der Waals surface area contributed by atoms with Crippen LogP contribution in [0.1, 0.15) is 24.1 Å². The van der Waals surface area contributed by atoms with E-state index < -0.39 is 12.0 Å². The summed E-state index contributed by atoms with van der Waals surface area (Å²) >= 11 is 1.50. The van der Waals surface area contributed by atoms with Gasteiger partial charge in [0.2, 0.25) is 5.91 Å². The van der Waals surface area contributed by atoms with Gasteiger partial charge in [-0.1, -0.05) is 18.9 Å². The summed E-state index contributed by atoms with van der Waals surface area (Å²) < 4.78 is 0. The highest BCUT2D eigenvalue weighted by atomic mass is 32.1. The van der Waals surface area contributed by atoms with E-state index in [9.17, 15) is 9.59 Å². The molecule has 5 heteroatoms. The Labute approximate surface area is 104 Å². The molecule has 1 saturated carbocycles. The average molecular weight is 253 g/mol. The largest absolute Gasteiger partial charge is 0.480 e. The van der Waals surface area contributed by atoms with Gasteiger partial charge in [0.1, 0.15) is 6.04 Å². The fourth-order valence-electron chi connectivity index (χ4n) is 1.73. The highest BCUT2D eigenvalue weighted by molar-refractivity contribution is 7.10. The van der Waals surface area contributed by atoms with Crippen molar-refractivity contribution in [3.63, 3.8) is 0 Å². The zero-order chi connectivity index (χ0) is 12.3. The van der Waals surface area contributed by atoms with Gasteiger partial charge in [-0.05, 0) is 23.8 Å². The van der Waals surface area contributed by atoms with Gasteiger partial charge < -0.3 is 10.4 Å². The van der Waals surface area contributed by atoms with Crippen molar-refractivity contribution in [2.75, 3.05) is 0 Å². The van der Waals surface area contributed by atoms with Crippen LogP contribution in [0.25, 0.3) is 0 Å². The van der Waals surface area contributed by atoms with Crippen molar-refractivity contribution >= 4 is 23.2 Å². The number of thiophene rings is 1. The molecule has 0 saturated heterocycles.